The molecular formula is C16H14FNO3S. The SMILES string of the molecule is O=C(Nc1sc2c(c1C(=O)O)CCCC2)c1cccc(F)c1. The van der Waals surface area contributed by atoms with Gasteiger partial charge in [0.2, 0.25) is 0 Å². The lowest BCUT2D eigenvalue weighted by Crippen LogP contribution is -2.14. The number of carbonyl (C=O) groups is 2. The molecule has 0 atom stereocenters. The van der Waals surface area contributed by atoms with Crippen LogP contribution in [-0.4, -0.2) is 17.0 Å². The van der Waals surface area contributed by atoms with Crippen molar-refractivity contribution in [2.24, 2.45) is 0 Å². The fourth-order valence-corrected chi connectivity index (χ4v) is 3.96. The molecule has 1 aromatic heterocycles. The molecule has 1 amide bonds. The van der Waals surface area contributed by atoms with Crippen LogP contribution in [0.3, 0.4) is 0 Å². The maximum atomic E-state index is 13.2. The molecule has 2 aromatic rings. The van der Waals surface area contributed by atoms with Crippen molar-refractivity contribution in [2.45, 2.75) is 25.7 Å². The van der Waals surface area contributed by atoms with E-state index in [1.165, 1.54) is 29.5 Å². The van der Waals surface area contributed by atoms with E-state index < -0.39 is 17.7 Å². The Morgan fingerprint density at radius 3 is 2.73 bits per heavy atom. The van der Waals surface area contributed by atoms with Gasteiger partial charge in [-0.25, -0.2) is 9.18 Å². The highest BCUT2D eigenvalue weighted by Crippen LogP contribution is 2.38. The van der Waals surface area contributed by atoms with Crippen LogP contribution in [0.25, 0.3) is 0 Å². The van der Waals surface area contributed by atoms with E-state index in [1.807, 2.05) is 0 Å². The van der Waals surface area contributed by atoms with Crippen molar-refractivity contribution in [3.8, 4) is 0 Å². The topological polar surface area (TPSA) is 66.4 Å². The Bertz CT molecular complexity index is 754. The highest BCUT2D eigenvalue weighted by atomic mass is 32.1. The van der Waals surface area contributed by atoms with Crippen molar-refractivity contribution < 1.29 is 19.1 Å². The van der Waals surface area contributed by atoms with Crippen LogP contribution in [0.1, 0.15) is 44.0 Å². The van der Waals surface area contributed by atoms with Crippen molar-refractivity contribution in [3.63, 3.8) is 0 Å². The number of carbonyl (C=O) groups excluding carboxylic acids is 1. The van der Waals surface area contributed by atoms with Gasteiger partial charge in [-0.15, -0.1) is 11.3 Å². The number of nitrogens with one attached hydrogen (secondary N) is 1. The van der Waals surface area contributed by atoms with Gasteiger partial charge in [0.25, 0.3) is 5.91 Å². The largest absolute Gasteiger partial charge is 0.478 e. The van der Waals surface area contributed by atoms with E-state index >= 15 is 0 Å². The zero-order valence-electron chi connectivity index (χ0n) is 11.7. The second-order valence-corrected chi connectivity index (χ2v) is 6.29. The van der Waals surface area contributed by atoms with E-state index in [0.29, 0.717) is 5.00 Å². The monoisotopic (exact) mass is 319 g/mol. The predicted octanol–water partition coefficient (Wildman–Crippen LogP) is 3.72. The molecule has 3 rings (SSSR count). The minimum absolute atomic E-state index is 0.169. The molecule has 6 heteroatoms. The normalized spacial score (nSPS) is 13.5. The van der Waals surface area contributed by atoms with E-state index in [-0.39, 0.29) is 11.1 Å². The molecule has 0 fully saturated rings. The van der Waals surface area contributed by atoms with Crippen LogP contribution in [0, 0.1) is 5.82 Å². The summed E-state index contributed by atoms with van der Waals surface area (Å²) in [6.07, 6.45) is 3.56. The molecule has 0 aliphatic heterocycles. The first-order valence-electron chi connectivity index (χ1n) is 7.01. The number of halogens is 1. The van der Waals surface area contributed by atoms with Crippen LogP contribution in [0.4, 0.5) is 9.39 Å². The van der Waals surface area contributed by atoms with Gasteiger partial charge in [-0.2, -0.15) is 0 Å². The highest BCUT2D eigenvalue weighted by molar-refractivity contribution is 7.17. The first-order chi connectivity index (χ1) is 10.6. The molecule has 0 radical (unpaired) electrons. The average molecular weight is 319 g/mol. The number of aryl methyl sites for hydroxylation is 1. The molecule has 0 unspecified atom stereocenters. The standard InChI is InChI=1S/C16H14FNO3S/c17-10-5-3-4-9(8-10)14(19)18-15-13(16(20)21)11-6-1-2-7-12(11)22-15/h3-5,8H,1-2,6-7H2,(H,18,19)(H,20,21). The first kappa shape index (κ1) is 14.7. The van der Waals surface area contributed by atoms with Gasteiger partial charge < -0.3 is 10.4 Å². The summed E-state index contributed by atoms with van der Waals surface area (Å²) in [5, 5.41) is 12.4. The van der Waals surface area contributed by atoms with Gasteiger partial charge in [0.1, 0.15) is 10.8 Å². The lowest BCUT2D eigenvalue weighted by Gasteiger charge is -2.10. The van der Waals surface area contributed by atoms with Crippen LogP contribution in [-0.2, 0) is 12.8 Å². The summed E-state index contributed by atoms with van der Waals surface area (Å²) in [6.45, 7) is 0. The maximum Gasteiger partial charge on any atom is 0.339 e. The molecule has 0 spiro atoms. The summed E-state index contributed by atoms with van der Waals surface area (Å²) >= 11 is 1.31. The molecule has 1 heterocycles. The molecule has 2 N–H and O–H groups in total. The molecule has 1 aliphatic rings. The van der Waals surface area contributed by atoms with Gasteiger partial charge >= 0.3 is 5.97 Å². The summed E-state index contributed by atoms with van der Waals surface area (Å²) in [5.74, 6) is -2.04. The third-order valence-electron chi connectivity index (χ3n) is 3.70. The highest BCUT2D eigenvalue weighted by Gasteiger charge is 2.26. The minimum atomic E-state index is -1.03. The van der Waals surface area contributed by atoms with Gasteiger partial charge in [0.15, 0.2) is 0 Å². The summed E-state index contributed by atoms with van der Waals surface area (Å²) in [6, 6.07) is 5.32. The second-order valence-electron chi connectivity index (χ2n) is 5.18. The third-order valence-corrected chi connectivity index (χ3v) is 4.91. The third kappa shape index (κ3) is 2.74. The van der Waals surface area contributed by atoms with E-state index in [2.05, 4.69) is 5.32 Å². The molecule has 22 heavy (non-hydrogen) atoms. The van der Waals surface area contributed by atoms with Crippen LogP contribution >= 0.6 is 11.3 Å². The number of thiophene rings is 1. The lowest BCUT2D eigenvalue weighted by molar-refractivity contribution is 0.0697. The van der Waals surface area contributed by atoms with Gasteiger partial charge in [0.05, 0.1) is 5.56 Å². The smallest absolute Gasteiger partial charge is 0.339 e. The van der Waals surface area contributed by atoms with Crippen LogP contribution in [0.5, 0.6) is 0 Å². The summed E-state index contributed by atoms with van der Waals surface area (Å²) in [7, 11) is 0. The van der Waals surface area contributed by atoms with Crippen LogP contribution in [0.2, 0.25) is 0 Å². The quantitative estimate of drug-likeness (QED) is 0.906. The Labute approximate surface area is 130 Å². The fourth-order valence-electron chi connectivity index (χ4n) is 2.69. The second kappa shape index (κ2) is 5.88. The maximum absolute atomic E-state index is 13.2. The zero-order valence-corrected chi connectivity index (χ0v) is 12.5. The van der Waals surface area contributed by atoms with E-state index in [1.54, 1.807) is 0 Å². The summed E-state index contributed by atoms with van der Waals surface area (Å²) < 4.78 is 13.2. The number of hydrogen-bond acceptors (Lipinski definition) is 3. The Kier molecular flexibility index (Phi) is 3.94. The molecular weight excluding hydrogens is 305 g/mol. The Morgan fingerprint density at radius 2 is 2.00 bits per heavy atom. The van der Waals surface area contributed by atoms with Crippen molar-refractivity contribution in [3.05, 3.63) is 51.7 Å². The van der Waals surface area contributed by atoms with E-state index in [4.69, 9.17) is 0 Å². The molecule has 114 valence electrons. The number of hydrogen-bond donors (Lipinski definition) is 2. The molecule has 1 aliphatic carbocycles. The Balaban J connectivity index is 1.93. The van der Waals surface area contributed by atoms with Crippen LogP contribution < -0.4 is 5.32 Å². The fraction of sp³-hybridized carbons (Fsp3) is 0.250. The molecule has 0 saturated heterocycles. The Morgan fingerprint density at radius 1 is 1.23 bits per heavy atom. The Hall–Kier alpha value is -2.21. The van der Waals surface area contributed by atoms with E-state index in [0.717, 1.165) is 42.2 Å². The van der Waals surface area contributed by atoms with Crippen LogP contribution in [0.15, 0.2) is 24.3 Å². The summed E-state index contributed by atoms with van der Waals surface area (Å²) in [5.41, 5.74) is 1.19. The molecule has 1 aromatic carbocycles. The van der Waals surface area contributed by atoms with Crippen molar-refractivity contribution in [2.75, 3.05) is 5.32 Å². The van der Waals surface area contributed by atoms with Gasteiger partial charge in [-0.1, -0.05) is 6.07 Å². The predicted molar refractivity (Wildman–Crippen MR) is 82.3 cm³/mol. The van der Waals surface area contributed by atoms with Gasteiger partial charge in [-0.3, -0.25) is 4.79 Å². The number of fused-ring (bicyclic) bond motifs is 1. The zero-order chi connectivity index (χ0) is 15.7. The summed E-state index contributed by atoms with van der Waals surface area (Å²) in [4.78, 5) is 24.7. The number of aromatic carboxylic acids is 1. The molecule has 4 nitrogen and oxygen atoms in total. The molecule has 0 bridgehead atoms. The first-order valence-corrected chi connectivity index (χ1v) is 7.82. The van der Waals surface area contributed by atoms with Crippen molar-refractivity contribution in [1.82, 2.24) is 0 Å². The van der Waals surface area contributed by atoms with Gasteiger partial charge in [0, 0.05) is 10.4 Å². The molecule has 0 saturated carbocycles. The van der Waals surface area contributed by atoms with E-state index in [9.17, 15) is 19.1 Å². The number of benzene rings is 1. The van der Waals surface area contributed by atoms with Crippen molar-refractivity contribution in [1.29, 1.82) is 0 Å². The minimum Gasteiger partial charge on any atom is -0.478 e. The number of rotatable bonds is 3. The van der Waals surface area contributed by atoms with Crippen molar-refractivity contribution >= 4 is 28.2 Å². The number of amides is 1. The number of carboxylic acid groups (broad SMARTS) is 1. The number of carboxylic acids is 1. The van der Waals surface area contributed by atoms with Gasteiger partial charge in [-0.05, 0) is 49.4 Å². The lowest BCUT2D eigenvalue weighted by atomic mass is 9.95. The average Bonchev–Trinajstić information content (AvgIpc) is 2.85. The number of anilines is 1.